The molecular weight excluding hydrogens is 372 g/mol. The van der Waals surface area contributed by atoms with E-state index in [4.69, 9.17) is 5.73 Å². The number of benzene rings is 2. The molecule has 2 aromatic rings. The van der Waals surface area contributed by atoms with Crippen LogP contribution in [0.3, 0.4) is 0 Å². The summed E-state index contributed by atoms with van der Waals surface area (Å²) in [4.78, 5) is 48.8. The number of hydrogen-bond acceptors (Lipinski definition) is 4. The molecule has 1 fully saturated rings. The standard InChI is InChI=1S/C21H20N4O4/c22-21(29)23-15-3-1-2-12(10-15)8-13-4-5-16-14(9-13)11-25(20(16)28)17-6-7-18(26)24-19(17)27/h1-5,9-10,17H,6-8,11H2,(H3,22,23,29)(H,24,26,27). The van der Waals surface area contributed by atoms with Crippen LogP contribution >= 0.6 is 0 Å². The Labute approximate surface area is 167 Å². The molecule has 148 valence electrons. The SMILES string of the molecule is NC(=O)Nc1cccc(Cc2ccc3c(c2)CN(C2CCC(=O)NC2=O)C3=O)c1. The Morgan fingerprint density at radius 3 is 2.69 bits per heavy atom. The fourth-order valence-corrected chi connectivity index (χ4v) is 3.87. The first-order valence-corrected chi connectivity index (χ1v) is 9.32. The average molecular weight is 392 g/mol. The number of nitrogens with two attached hydrogens (primary N) is 1. The third-order valence-corrected chi connectivity index (χ3v) is 5.19. The van der Waals surface area contributed by atoms with Gasteiger partial charge in [-0.1, -0.05) is 24.3 Å². The van der Waals surface area contributed by atoms with Crippen LogP contribution in [0.25, 0.3) is 0 Å². The molecule has 4 N–H and O–H groups in total. The van der Waals surface area contributed by atoms with Crippen molar-refractivity contribution >= 4 is 29.4 Å². The smallest absolute Gasteiger partial charge is 0.316 e. The number of carbonyl (C=O) groups is 4. The van der Waals surface area contributed by atoms with Gasteiger partial charge in [-0.3, -0.25) is 19.7 Å². The van der Waals surface area contributed by atoms with E-state index in [0.29, 0.717) is 30.6 Å². The molecule has 1 atom stereocenters. The number of carbonyl (C=O) groups excluding carboxylic acids is 4. The van der Waals surface area contributed by atoms with E-state index in [1.807, 2.05) is 30.3 Å². The number of hydrogen-bond donors (Lipinski definition) is 3. The molecule has 1 saturated heterocycles. The van der Waals surface area contributed by atoms with Crippen LogP contribution in [0.5, 0.6) is 0 Å². The summed E-state index contributed by atoms with van der Waals surface area (Å²) in [7, 11) is 0. The highest BCUT2D eigenvalue weighted by Crippen LogP contribution is 2.29. The van der Waals surface area contributed by atoms with Crippen molar-refractivity contribution in [1.82, 2.24) is 10.2 Å². The summed E-state index contributed by atoms with van der Waals surface area (Å²) >= 11 is 0. The zero-order valence-electron chi connectivity index (χ0n) is 15.6. The lowest BCUT2D eigenvalue weighted by Gasteiger charge is -2.29. The second kappa shape index (κ2) is 7.38. The molecule has 0 bridgehead atoms. The summed E-state index contributed by atoms with van der Waals surface area (Å²) in [5.41, 5.74) is 9.23. The van der Waals surface area contributed by atoms with Crippen molar-refractivity contribution in [1.29, 1.82) is 0 Å². The van der Waals surface area contributed by atoms with Crippen LogP contribution in [0.1, 0.15) is 39.9 Å². The first kappa shape index (κ1) is 18.7. The molecule has 0 aliphatic carbocycles. The summed E-state index contributed by atoms with van der Waals surface area (Å²) in [6.45, 7) is 0.345. The highest BCUT2D eigenvalue weighted by atomic mass is 16.2. The minimum atomic E-state index is -0.619. The zero-order chi connectivity index (χ0) is 20.5. The van der Waals surface area contributed by atoms with E-state index in [2.05, 4.69) is 10.6 Å². The van der Waals surface area contributed by atoms with Crippen LogP contribution < -0.4 is 16.4 Å². The quantitative estimate of drug-likeness (QED) is 0.683. The van der Waals surface area contributed by atoms with Crippen molar-refractivity contribution < 1.29 is 19.2 Å². The molecule has 2 aromatic carbocycles. The number of piperidine rings is 1. The fourth-order valence-electron chi connectivity index (χ4n) is 3.87. The van der Waals surface area contributed by atoms with Crippen molar-refractivity contribution in [2.45, 2.75) is 31.8 Å². The van der Waals surface area contributed by atoms with Gasteiger partial charge in [-0.2, -0.15) is 0 Å². The number of primary amides is 1. The third-order valence-electron chi connectivity index (χ3n) is 5.19. The van der Waals surface area contributed by atoms with E-state index in [1.54, 1.807) is 12.1 Å². The van der Waals surface area contributed by atoms with Crippen molar-refractivity contribution in [2.75, 3.05) is 5.32 Å². The lowest BCUT2D eigenvalue weighted by molar-refractivity contribution is -0.136. The Bertz CT molecular complexity index is 1030. The summed E-state index contributed by atoms with van der Waals surface area (Å²) in [5.74, 6) is -0.902. The zero-order valence-corrected chi connectivity index (χ0v) is 15.6. The number of urea groups is 1. The minimum Gasteiger partial charge on any atom is -0.351 e. The largest absolute Gasteiger partial charge is 0.351 e. The second-order valence-electron chi connectivity index (χ2n) is 7.26. The van der Waals surface area contributed by atoms with Gasteiger partial charge >= 0.3 is 6.03 Å². The normalized spacial score (nSPS) is 18.4. The van der Waals surface area contributed by atoms with E-state index in [0.717, 1.165) is 16.7 Å². The van der Waals surface area contributed by atoms with E-state index in [-0.39, 0.29) is 18.2 Å². The minimum absolute atomic E-state index is 0.186. The molecule has 2 heterocycles. The molecule has 8 heteroatoms. The molecule has 5 amide bonds. The Morgan fingerprint density at radius 1 is 1.14 bits per heavy atom. The van der Waals surface area contributed by atoms with Crippen LogP contribution in [0.15, 0.2) is 42.5 Å². The Kier molecular flexibility index (Phi) is 4.75. The van der Waals surface area contributed by atoms with Gasteiger partial charge < -0.3 is 16.0 Å². The summed E-state index contributed by atoms with van der Waals surface area (Å²) < 4.78 is 0. The lowest BCUT2D eigenvalue weighted by Crippen LogP contribution is -2.52. The number of anilines is 1. The number of rotatable bonds is 4. The topological polar surface area (TPSA) is 122 Å². The van der Waals surface area contributed by atoms with Gasteiger partial charge in [-0.25, -0.2) is 4.79 Å². The molecule has 8 nitrogen and oxygen atoms in total. The van der Waals surface area contributed by atoms with Gasteiger partial charge in [-0.15, -0.1) is 0 Å². The van der Waals surface area contributed by atoms with Crippen LogP contribution in [-0.4, -0.2) is 34.7 Å². The molecule has 1 unspecified atom stereocenters. The third kappa shape index (κ3) is 3.82. The van der Waals surface area contributed by atoms with E-state index < -0.39 is 18.0 Å². The van der Waals surface area contributed by atoms with Crippen molar-refractivity contribution in [3.63, 3.8) is 0 Å². The maximum Gasteiger partial charge on any atom is 0.316 e. The van der Waals surface area contributed by atoms with Gasteiger partial charge in [0, 0.05) is 24.2 Å². The Morgan fingerprint density at radius 2 is 1.93 bits per heavy atom. The number of nitrogens with one attached hydrogen (secondary N) is 2. The summed E-state index contributed by atoms with van der Waals surface area (Å²) in [6, 6.07) is 11.8. The fraction of sp³-hybridized carbons (Fsp3) is 0.238. The first-order chi connectivity index (χ1) is 13.9. The highest BCUT2D eigenvalue weighted by Gasteiger charge is 2.38. The van der Waals surface area contributed by atoms with Crippen molar-refractivity contribution in [3.05, 3.63) is 64.7 Å². The van der Waals surface area contributed by atoms with E-state index >= 15 is 0 Å². The Balaban J connectivity index is 1.51. The molecule has 2 aliphatic rings. The van der Waals surface area contributed by atoms with Crippen LogP contribution in [0.4, 0.5) is 10.5 Å². The number of fused-ring (bicyclic) bond motifs is 1. The summed E-state index contributed by atoms with van der Waals surface area (Å²) in [5, 5.41) is 4.86. The van der Waals surface area contributed by atoms with Crippen LogP contribution in [0.2, 0.25) is 0 Å². The molecule has 0 spiro atoms. The van der Waals surface area contributed by atoms with Crippen molar-refractivity contribution in [3.8, 4) is 0 Å². The monoisotopic (exact) mass is 392 g/mol. The first-order valence-electron chi connectivity index (χ1n) is 9.32. The van der Waals surface area contributed by atoms with E-state index in [9.17, 15) is 19.2 Å². The van der Waals surface area contributed by atoms with Gasteiger partial charge in [0.25, 0.3) is 5.91 Å². The van der Waals surface area contributed by atoms with Crippen molar-refractivity contribution in [2.24, 2.45) is 5.73 Å². The van der Waals surface area contributed by atoms with Gasteiger partial charge in [0.15, 0.2) is 0 Å². The van der Waals surface area contributed by atoms with Gasteiger partial charge in [0.2, 0.25) is 11.8 Å². The van der Waals surface area contributed by atoms with Crippen LogP contribution in [0, 0.1) is 0 Å². The Hall–Kier alpha value is -3.68. The number of nitrogens with zero attached hydrogens (tertiary/aromatic N) is 1. The molecule has 0 radical (unpaired) electrons. The molecular formula is C21H20N4O4. The summed E-state index contributed by atoms with van der Waals surface area (Å²) in [6.07, 6.45) is 1.20. The predicted molar refractivity (Wildman–Crippen MR) is 105 cm³/mol. The molecule has 2 aliphatic heterocycles. The predicted octanol–water partition coefficient (Wildman–Crippen LogP) is 1.53. The molecule has 4 rings (SSSR count). The molecule has 29 heavy (non-hydrogen) atoms. The highest BCUT2D eigenvalue weighted by molar-refractivity contribution is 6.05. The maximum atomic E-state index is 12.7. The maximum absolute atomic E-state index is 12.7. The lowest BCUT2D eigenvalue weighted by atomic mass is 10.00. The van der Waals surface area contributed by atoms with Gasteiger partial charge in [0.05, 0.1) is 0 Å². The second-order valence-corrected chi connectivity index (χ2v) is 7.26. The average Bonchev–Trinajstić information content (AvgIpc) is 2.97. The van der Waals surface area contributed by atoms with Gasteiger partial charge in [-0.05, 0) is 47.7 Å². The van der Waals surface area contributed by atoms with Crippen LogP contribution in [-0.2, 0) is 22.6 Å². The van der Waals surface area contributed by atoms with Gasteiger partial charge in [0.1, 0.15) is 6.04 Å². The number of imide groups is 1. The molecule has 0 saturated carbocycles. The van der Waals surface area contributed by atoms with E-state index in [1.165, 1.54) is 4.90 Å². The number of amides is 5. The molecule has 0 aromatic heterocycles.